The number of halogens is 1. The van der Waals surface area contributed by atoms with Crippen molar-refractivity contribution in [3.63, 3.8) is 0 Å². The van der Waals surface area contributed by atoms with Crippen LogP contribution in [0.4, 0.5) is 0 Å². The Bertz CT molecular complexity index is 378. The molecule has 4 nitrogen and oxygen atoms in total. The Labute approximate surface area is 102 Å². The van der Waals surface area contributed by atoms with Gasteiger partial charge in [0.25, 0.3) is 0 Å². The van der Waals surface area contributed by atoms with Crippen molar-refractivity contribution >= 4 is 21.9 Å². The van der Waals surface area contributed by atoms with Gasteiger partial charge in [-0.3, -0.25) is 0 Å². The largest absolute Gasteiger partial charge is 0.487 e. The number of rotatable bonds is 5. The first-order valence-electron chi connectivity index (χ1n) is 4.73. The van der Waals surface area contributed by atoms with E-state index in [2.05, 4.69) is 15.9 Å². The Morgan fingerprint density at radius 1 is 1.56 bits per heavy atom. The minimum absolute atomic E-state index is 0.136. The number of benzene rings is 1. The maximum absolute atomic E-state index is 11.0. The number of ether oxygens (including phenoxy) is 2. The minimum atomic E-state index is -1.01. The lowest BCUT2D eigenvalue weighted by Crippen LogP contribution is -2.19. The van der Waals surface area contributed by atoms with Crippen molar-refractivity contribution in [2.75, 3.05) is 13.7 Å². The first-order valence-corrected chi connectivity index (χ1v) is 5.52. The second-order valence-corrected chi connectivity index (χ2v) is 4.25. The van der Waals surface area contributed by atoms with Gasteiger partial charge in [0.05, 0.1) is 6.61 Å². The standard InChI is InChI=1S/C11H13BrO4/c1-7(6-15-2)16-10-4-3-8(12)5-9(10)11(13)14/h3-5,7H,6H2,1-2H3,(H,13,14). The molecule has 0 spiro atoms. The highest BCUT2D eigenvalue weighted by atomic mass is 79.9. The van der Waals surface area contributed by atoms with E-state index in [9.17, 15) is 4.79 Å². The van der Waals surface area contributed by atoms with Crippen LogP contribution < -0.4 is 4.74 Å². The third kappa shape index (κ3) is 3.50. The monoisotopic (exact) mass is 288 g/mol. The smallest absolute Gasteiger partial charge is 0.339 e. The highest BCUT2D eigenvalue weighted by Gasteiger charge is 2.14. The van der Waals surface area contributed by atoms with Gasteiger partial charge < -0.3 is 14.6 Å². The lowest BCUT2D eigenvalue weighted by molar-refractivity contribution is 0.0673. The van der Waals surface area contributed by atoms with E-state index < -0.39 is 5.97 Å². The zero-order chi connectivity index (χ0) is 12.1. The first kappa shape index (κ1) is 13.0. The quantitative estimate of drug-likeness (QED) is 0.905. The number of aromatic carboxylic acids is 1. The summed E-state index contributed by atoms with van der Waals surface area (Å²) in [5.74, 6) is -0.666. The molecule has 0 bridgehead atoms. The minimum Gasteiger partial charge on any atom is -0.487 e. The first-order chi connectivity index (χ1) is 7.54. The summed E-state index contributed by atoms with van der Waals surface area (Å²) >= 11 is 3.22. The van der Waals surface area contributed by atoms with Gasteiger partial charge in [-0.2, -0.15) is 0 Å². The molecular formula is C11H13BrO4. The molecule has 0 radical (unpaired) electrons. The van der Waals surface area contributed by atoms with Crippen LogP contribution >= 0.6 is 15.9 Å². The molecule has 0 aliphatic rings. The van der Waals surface area contributed by atoms with Crippen molar-refractivity contribution in [3.05, 3.63) is 28.2 Å². The summed E-state index contributed by atoms with van der Waals surface area (Å²) in [5, 5.41) is 9.00. The molecule has 0 amide bonds. The van der Waals surface area contributed by atoms with Crippen LogP contribution in [-0.4, -0.2) is 30.9 Å². The molecule has 5 heteroatoms. The second-order valence-electron chi connectivity index (χ2n) is 3.33. The van der Waals surface area contributed by atoms with E-state index in [0.29, 0.717) is 16.8 Å². The van der Waals surface area contributed by atoms with Crippen LogP contribution in [-0.2, 0) is 4.74 Å². The highest BCUT2D eigenvalue weighted by Crippen LogP contribution is 2.24. The maximum atomic E-state index is 11.0. The van der Waals surface area contributed by atoms with Crippen molar-refractivity contribution in [2.24, 2.45) is 0 Å². The van der Waals surface area contributed by atoms with Gasteiger partial charge in [-0.25, -0.2) is 4.79 Å². The van der Waals surface area contributed by atoms with Crippen LogP contribution in [0, 0.1) is 0 Å². The molecule has 0 aromatic heterocycles. The summed E-state index contributed by atoms with van der Waals surface area (Å²) < 4.78 is 11.1. The zero-order valence-electron chi connectivity index (χ0n) is 9.07. The Morgan fingerprint density at radius 2 is 2.25 bits per heavy atom. The van der Waals surface area contributed by atoms with Crippen LogP contribution in [0.15, 0.2) is 22.7 Å². The summed E-state index contributed by atoms with van der Waals surface area (Å²) in [4.78, 5) is 11.0. The molecule has 1 aromatic carbocycles. The van der Waals surface area contributed by atoms with Gasteiger partial charge >= 0.3 is 5.97 Å². The molecule has 0 heterocycles. The fourth-order valence-electron chi connectivity index (χ4n) is 1.26. The van der Waals surface area contributed by atoms with Crippen molar-refractivity contribution < 1.29 is 19.4 Å². The van der Waals surface area contributed by atoms with Gasteiger partial charge in [-0.05, 0) is 25.1 Å². The predicted molar refractivity (Wildman–Crippen MR) is 63.1 cm³/mol. The zero-order valence-corrected chi connectivity index (χ0v) is 10.7. The third-order valence-corrected chi connectivity index (χ3v) is 2.39. The van der Waals surface area contributed by atoms with Crippen molar-refractivity contribution in [3.8, 4) is 5.75 Å². The fraction of sp³-hybridized carbons (Fsp3) is 0.364. The molecule has 1 aromatic rings. The van der Waals surface area contributed by atoms with E-state index in [1.165, 1.54) is 6.07 Å². The predicted octanol–water partition coefficient (Wildman–Crippen LogP) is 2.56. The number of carboxylic acid groups (broad SMARTS) is 1. The number of carbonyl (C=O) groups is 1. The fourth-order valence-corrected chi connectivity index (χ4v) is 1.62. The molecular weight excluding hydrogens is 276 g/mol. The Hall–Kier alpha value is -1.07. The number of methoxy groups -OCH3 is 1. The summed E-state index contributed by atoms with van der Waals surface area (Å²) in [6, 6.07) is 4.87. The second kappa shape index (κ2) is 5.86. The van der Waals surface area contributed by atoms with Crippen molar-refractivity contribution in [2.45, 2.75) is 13.0 Å². The van der Waals surface area contributed by atoms with Crippen LogP contribution in [0.3, 0.4) is 0 Å². The van der Waals surface area contributed by atoms with Gasteiger partial charge in [-0.15, -0.1) is 0 Å². The maximum Gasteiger partial charge on any atom is 0.339 e. The van der Waals surface area contributed by atoms with Gasteiger partial charge in [0.15, 0.2) is 0 Å². The number of hydrogen-bond acceptors (Lipinski definition) is 3. The van der Waals surface area contributed by atoms with Crippen molar-refractivity contribution in [1.29, 1.82) is 0 Å². The molecule has 1 unspecified atom stereocenters. The van der Waals surface area contributed by atoms with E-state index in [4.69, 9.17) is 14.6 Å². The van der Waals surface area contributed by atoms with E-state index in [1.54, 1.807) is 19.2 Å². The topological polar surface area (TPSA) is 55.8 Å². The summed E-state index contributed by atoms with van der Waals surface area (Å²) in [7, 11) is 1.57. The molecule has 0 aliphatic carbocycles. The third-order valence-electron chi connectivity index (χ3n) is 1.90. The van der Waals surface area contributed by atoms with Gasteiger partial charge in [0.2, 0.25) is 0 Å². The molecule has 0 saturated heterocycles. The molecule has 0 fully saturated rings. The average molecular weight is 289 g/mol. The molecule has 1 N–H and O–H groups in total. The molecule has 88 valence electrons. The Balaban J connectivity index is 2.90. The van der Waals surface area contributed by atoms with Crippen LogP contribution in [0.5, 0.6) is 5.75 Å². The van der Waals surface area contributed by atoms with Gasteiger partial charge in [0.1, 0.15) is 17.4 Å². The van der Waals surface area contributed by atoms with Crippen LogP contribution in [0.1, 0.15) is 17.3 Å². The Kier molecular flexibility index (Phi) is 4.76. The molecule has 16 heavy (non-hydrogen) atoms. The van der Waals surface area contributed by atoms with E-state index in [0.717, 1.165) is 0 Å². The SMILES string of the molecule is COCC(C)Oc1ccc(Br)cc1C(=O)O. The molecule has 0 saturated carbocycles. The molecule has 1 atom stereocenters. The summed E-state index contributed by atoms with van der Waals surface area (Å²) in [6.07, 6.45) is -0.190. The van der Waals surface area contributed by atoms with Crippen molar-refractivity contribution in [1.82, 2.24) is 0 Å². The van der Waals surface area contributed by atoms with Crippen LogP contribution in [0.2, 0.25) is 0 Å². The lowest BCUT2D eigenvalue weighted by atomic mass is 10.2. The summed E-state index contributed by atoms with van der Waals surface area (Å²) in [5.41, 5.74) is 0.136. The van der Waals surface area contributed by atoms with Gasteiger partial charge in [-0.1, -0.05) is 15.9 Å². The van der Waals surface area contributed by atoms with Gasteiger partial charge in [0, 0.05) is 11.6 Å². The number of hydrogen-bond donors (Lipinski definition) is 1. The number of carboxylic acids is 1. The lowest BCUT2D eigenvalue weighted by Gasteiger charge is -2.15. The average Bonchev–Trinajstić information content (AvgIpc) is 2.20. The Morgan fingerprint density at radius 3 is 2.81 bits per heavy atom. The van der Waals surface area contributed by atoms with Crippen LogP contribution in [0.25, 0.3) is 0 Å². The summed E-state index contributed by atoms with van der Waals surface area (Å²) in [6.45, 7) is 2.23. The van der Waals surface area contributed by atoms with E-state index in [1.807, 2.05) is 6.92 Å². The normalized spacial score (nSPS) is 12.2. The van der Waals surface area contributed by atoms with E-state index in [-0.39, 0.29) is 11.7 Å². The molecule has 0 aliphatic heterocycles. The highest BCUT2D eigenvalue weighted by molar-refractivity contribution is 9.10. The molecule has 1 rings (SSSR count). The van der Waals surface area contributed by atoms with E-state index >= 15 is 0 Å².